The van der Waals surface area contributed by atoms with Gasteiger partial charge in [-0.15, -0.1) is 16.4 Å². The monoisotopic (exact) mass is 418 g/mol. The Balaban J connectivity index is 1.69. The molecule has 4 rings (SSSR count). The molecule has 6 nitrogen and oxygen atoms in total. The van der Waals surface area contributed by atoms with E-state index >= 15 is 0 Å². The van der Waals surface area contributed by atoms with E-state index in [0.29, 0.717) is 25.5 Å². The van der Waals surface area contributed by atoms with Gasteiger partial charge in [0.1, 0.15) is 0 Å². The number of carbonyl (C=O) groups excluding carboxylic acids is 1. The molecule has 0 saturated carbocycles. The number of methoxy groups -OCH3 is 1. The first-order valence-electron chi connectivity index (χ1n) is 9.65. The Kier molecular flexibility index (Phi) is 6.32. The van der Waals surface area contributed by atoms with Crippen LogP contribution in [0.15, 0.2) is 78.2 Å². The molecule has 0 aliphatic rings. The van der Waals surface area contributed by atoms with Crippen molar-refractivity contribution in [2.24, 2.45) is 0 Å². The summed E-state index contributed by atoms with van der Waals surface area (Å²) in [4.78, 5) is 20.7. The molecule has 2 heterocycles. The first kappa shape index (κ1) is 20.0. The number of para-hydroxylation sites is 1. The third-order valence-corrected chi connectivity index (χ3v) is 5.48. The fourth-order valence-electron chi connectivity index (χ4n) is 3.12. The highest BCUT2D eigenvalue weighted by molar-refractivity contribution is 7.13. The van der Waals surface area contributed by atoms with E-state index in [4.69, 9.17) is 4.74 Å². The molecule has 4 aromatic rings. The van der Waals surface area contributed by atoms with Gasteiger partial charge in [-0.3, -0.25) is 4.79 Å². The van der Waals surface area contributed by atoms with Gasteiger partial charge in [-0.05, 0) is 29.1 Å². The minimum absolute atomic E-state index is 0.175. The third-order valence-electron chi connectivity index (χ3n) is 4.61. The molecule has 0 bridgehead atoms. The zero-order valence-electron chi connectivity index (χ0n) is 16.6. The van der Waals surface area contributed by atoms with Crippen LogP contribution in [0, 0.1) is 0 Å². The second kappa shape index (κ2) is 9.47. The van der Waals surface area contributed by atoms with Gasteiger partial charge in [-0.1, -0.05) is 54.6 Å². The Bertz CT molecular complexity index is 1080. The zero-order chi connectivity index (χ0) is 20.8. The number of amides is 1. The number of benzene rings is 2. The number of hydrogen-bond acceptors (Lipinski definition) is 5. The molecular weight excluding hydrogens is 396 g/mol. The lowest BCUT2D eigenvalue weighted by molar-refractivity contribution is 0.0668. The number of thiophene rings is 1. The summed E-state index contributed by atoms with van der Waals surface area (Å²) >= 11 is 1.57. The highest BCUT2D eigenvalue weighted by atomic mass is 32.1. The smallest absolute Gasteiger partial charge is 0.293 e. The van der Waals surface area contributed by atoms with E-state index in [0.717, 1.165) is 16.1 Å². The van der Waals surface area contributed by atoms with Gasteiger partial charge >= 0.3 is 0 Å². The average molecular weight is 419 g/mol. The second-order valence-corrected chi connectivity index (χ2v) is 7.64. The third kappa shape index (κ3) is 4.48. The van der Waals surface area contributed by atoms with Crippen molar-refractivity contribution in [3.63, 3.8) is 0 Å². The van der Waals surface area contributed by atoms with Crippen molar-refractivity contribution >= 4 is 17.2 Å². The summed E-state index contributed by atoms with van der Waals surface area (Å²) in [6.07, 6.45) is 0. The Hall–Kier alpha value is -3.29. The fraction of sp³-hybridized carbons (Fsp3) is 0.174. The molecule has 2 aromatic carbocycles. The Morgan fingerprint density at radius 1 is 1.03 bits per heavy atom. The van der Waals surface area contributed by atoms with E-state index in [-0.39, 0.29) is 11.7 Å². The van der Waals surface area contributed by atoms with E-state index in [1.54, 1.807) is 28.0 Å². The Morgan fingerprint density at radius 3 is 2.43 bits per heavy atom. The highest BCUT2D eigenvalue weighted by Crippen LogP contribution is 2.26. The van der Waals surface area contributed by atoms with Gasteiger partial charge in [0.15, 0.2) is 5.82 Å². The number of aromatic nitrogens is 3. The summed E-state index contributed by atoms with van der Waals surface area (Å²) in [6, 6.07) is 23.6. The van der Waals surface area contributed by atoms with Crippen LogP contribution >= 0.6 is 11.3 Å². The van der Waals surface area contributed by atoms with Crippen LogP contribution in [0.3, 0.4) is 0 Å². The van der Waals surface area contributed by atoms with Crippen molar-refractivity contribution in [1.29, 1.82) is 0 Å². The largest absolute Gasteiger partial charge is 0.383 e. The van der Waals surface area contributed by atoms with Gasteiger partial charge in [-0.2, -0.15) is 0 Å². The van der Waals surface area contributed by atoms with Crippen molar-refractivity contribution in [2.45, 2.75) is 6.54 Å². The van der Waals surface area contributed by atoms with Crippen LogP contribution in [-0.4, -0.2) is 45.8 Å². The molecule has 0 aliphatic heterocycles. The predicted octanol–water partition coefficient (Wildman–Crippen LogP) is 4.28. The van der Waals surface area contributed by atoms with Crippen LogP contribution in [0.4, 0.5) is 0 Å². The minimum atomic E-state index is -0.219. The summed E-state index contributed by atoms with van der Waals surface area (Å²) in [6.45, 7) is 1.37. The number of nitrogens with zero attached hydrogens (tertiary/aromatic N) is 4. The van der Waals surface area contributed by atoms with Crippen LogP contribution in [0.5, 0.6) is 0 Å². The van der Waals surface area contributed by atoms with Gasteiger partial charge in [0.05, 0.1) is 17.2 Å². The average Bonchev–Trinajstić information content (AvgIpc) is 3.47. The SMILES string of the molecule is COCCN(Cc1ccccc1)C(=O)c1nc(-c2cccs2)n(-c2ccccc2)n1. The lowest BCUT2D eigenvalue weighted by atomic mass is 10.2. The van der Waals surface area contributed by atoms with Crippen LogP contribution in [0.1, 0.15) is 16.2 Å². The van der Waals surface area contributed by atoms with E-state index < -0.39 is 0 Å². The van der Waals surface area contributed by atoms with Gasteiger partial charge in [0, 0.05) is 20.2 Å². The lowest BCUT2D eigenvalue weighted by Gasteiger charge is -2.21. The van der Waals surface area contributed by atoms with Gasteiger partial charge in [-0.25, -0.2) is 9.67 Å². The number of hydrogen-bond donors (Lipinski definition) is 0. The molecule has 0 atom stereocenters. The Morgan fingerprint density at radius 2 is 1.77 bits per heavy atom. The van der Waals surface area contributed by atoms with E-state index in [1.165, 1.54) is 0 Å². The first-order valence-corrected chi connectivity index (χ1v) is 10.5. The molecule has 0 saturated heterocycles. The quantitative estimate of drug-likeness (QED) is 0.428. The van der Waals surface area contributed by atoms with Crippen LogP contribution in [-0.2, 0) is 11.3 Å². The molecule has 0 aliphatic carbocycles. The van der Waals surface area contributed by atoms with Crippen molar-refractivity contribution in [2.75, 3.05) is 20.3 Å². The molecule has 7 heteroatoms. The van der Waals surface area contributed by atoms with E-state index in [2.05, 4.69) is 10.1 Å². The van der Waals surface area contributed by atoms with Crippen molar-refractivity contribution in [1.82, 2.24) is 19.7 Å². The van der Waals surface area contributed by atoms with Crippen molar-refractivity contribution in [3.8, 4) is 16.4 Å². The maximum atomic E-state index is 13.4. The number of rotatable bonds is 8. The van der Waals surface area contributed by atoms with E-state index in [1.807, 2.05) is 78.2 Å². The summed E-state index contributed by atoms with van der Waals surface area (Å²) in [5, 5.41) is 6.57. The molecule has 0 N–H and O–H groups in total. The number of carbonyl (C=O) groups is 1. The van der Waals surface area contributed by atoms with Gasteiger partial charge in [0.2, 0.25) is 5.82 Å². The maximum absolute atomic E-state index is 13.4. The van der Waals surface area contributed by atoms with Crippen LogP contribution < -0.4 is 0 Å². The molecule has 0 spiro atoms. The standard InChI is InChI=1S/C23H22N4O2S/c1-29-15-14-26(17-18-9-4-2-5-10-18)23(28)21-24-22(20-13-8-16-30-20)27(25-21)19-11-6-3-7-12-19/h2-13,16H,14-15,17H2,1H3. The summed E-state index contributed by atoms with van der Waals surface area (Å²) in [5.41, 5.74) is 1.90. The summed E-state index contributed by atoms with van der Waals surface area (Å²) in [5.74, 6) is 0.614. The predicted molar refractivity (Wildman–Crippen MR) is 118 cm³/mol. The normalized spacial score (nSPS) is 10.8. The van der Waals surface area contributed by atoms with E-state index in [9.17, 15) is 4.79 Å². The first-order chi connectivity index (χ1) is 14.8. The van der Waals surface area contributed by atoms with Crippen molar-refractivity contribution < 1.29 is 9.53 Å². The molecule has 30 heavy (non-hydrogen) atoms. The maximum Gasteiger partial charge on any atom is 0.293 e. The van der Waals surface area contributed by atoms with Crippen LogP contribution in [0.2, 0.25) is 0 Å². The topological polar surface area (TPSA) is 60.2 Å². The molecule has 1 amide bonds. The van der Waals surface area contributed by atoms with Crippen LogP contribution in [0.25, 0.3) is 16.4 Å². The lowest BCUT2D eigenvalue weighted by Crippen LogP contribution is -2.34. The minimum Gasteiger partial charge on any atom is -0.383 e. The molecule has 0 fully saturated rings. The fourth-order valence-corrected chi connectivity index (χ4v) is 3.81. The van der Waals surface area contributed by atoms with Gasteiger partial charge < -0.3 is 9.64 Å². The zero-order valence-corrected chi connectivity index (χ0v) is 17.5. The molecular formula is C23H22N4O2S. The second-order valence-electron chi connectivity index (χ2n) is 6.69. The van der Waals surface area contributed by atoms with Gasteiger partial charge in [0.25, 0.3) is 5.91 Å². The summed E-state index contributed by atoms with van der Waals surface area (Å²) in [7, 11) is 1.63. The molecule has 2 aromatic heterocycles. The molecule has 152 valence electrons. The molecule has 0 unspecified atom stereocenters. The van der Waals surface area contributed by atoms with Crippen molar-refractivity contribution in [3.05, 3.63) is 89.6 Å². The molecule has 0 radical (unpaired) electrons. The highest BCUT2D eigenvalue weighted by Gasteiger charge is 2.24. The Labute approximate surface area is 179 Å². The summed E-state index contributed by atoms with van der Waals surface area (Å²) < 4.78 is 6.95. The number of ether oxygens (including phenoxy) is 1.